The minimum atomic E-state index is -3.80. The van der Waals surface area contributed by atoms with Crippen LogP contribution >= 0.6 is 0 Å². The fourth-order valence-corrected chi connectivity index (χ4v) is 2.63. The molecular weight excluding hydrogens is 276 g/mol. The molecule has 0 N–H and O–H groups in total. The number of hydrogen-bond donors (Lipinski definition) is 0. The molecule has 0 aliphatic heterocycles. The summed E-state index contributed by atoms with van der Waals surface area (Å²) in [5.41, 5.74) is 1.08. The van der Waals surface area contributed by atoms with E-state index in [1.807, 2.05) is 6.92 Å². The van der Waals surface area contributed by atoms with E-state index in [4.69, 9.17) is 8.92 Å². The molecule has 2 aromatic rings. The van der Waals surface area contributed by atoms with Gasteiger partial charge in [0.15, 0.2) is 0 Å². The standard InChI is InChI=1S/C15H16O4S/c1-3-12-4-10-15(11-5-12)20(16,17)19-14-8-6-13(18-2)7-9-14/h4-11H,3H2,1-2H3. The third kappa shape index (κ3) is 3.30. The first kappa shape index (κ1) is 14.4. The van der Waals surface area contributed by atoms with E-state index in [1.54, 1.807) is 55.6 Å². The van der Waals surface area contributed by atoms with Crippen molar-refractivity contribution in [2.45, 2.75) is 18.2 Å². The van der Waals surface area contributed by atoms with Gasteiger partial charge in [0.2, 0.25) is 0 Å². The lowest BCUT2D eigenvalue weighted by molar-refractivity contribution is 0.413. The highest BCUT2D eigenvalue weighted by Gasteiger charge is 2.16. The van der Waals surface area contributed by atoms with E-state index in [1.165, 1.54) is 0 Å². The lowest BCUT2D eigenvalue weighted by Gasteiger charge is -2.08. The van der Waals surface area contributed by atoms with Crippen molar-refractivity contribution in [3.63, 3.8) is 0 Å². The summed E-state index contributed by atoms with van der Waals surface area (Å²) < 4.78 is 34.3. The maximum absolute atomic E-state index is 12.1. The molecule has 2 aromatic carbocycles. The van der Waals surface area contributed by atoms with Crippen molar-refractivity contribution in [1.82, 2.24) is 0 Å². The zero-order valence-corrected chi connectivity index (χ0v) is 12.2. The van der Waals surface area contributed by atoms with Gasteiger partial charge in [-0.1, -0.05) is 19.1 Å². The Morgan fingerprint density at radius 1 is 0.900 bits per heavy atom. The Hall–Kier alpha value is -2.01. The van der Waals surface area contributed by atoms with Gasteiger partial charge in [-0.05, 0) is 48.4 Å². The van der Waals surface area contributed by atoms with Crippen LogP contribution in [0.5, 0.6) is 11.5 Å². The van der Waals surface area contributed by atoms with E-state index in [0.29, 0.717) is 5.75 Å². The third-order valence-electron chi connectivity index (χ3n) is 2.89. The number of hydrogen-bond acceptors (Lipinski definition) is 4. The average molecular weight is 292 g/mol. The summed E-state index contributed by atoms with van der Waals surface area (Å²) in [4.78, 5) is 0.144. The van der Waals surface area contributed by atoms with Crippen LogP contribution in [0.4, 0.5) is 0 Å². The maximum Gasteiger partial charge on any atom is 0.339 e. The monoisotopic (exact) mass is 292 g/mol. The Morgan fingerprint density at radius 2 is 1.45 bits per heavy atom. The van der Waals surface area contributed by atoms with Crippen LogP contribution in [0.15, 0.2) is 53.4 Å². The third-order valence-corrected chi connectivity index (χ3v) is 4.15. The number of methoxy groups -OCH3 is 1. The second kappa shape index (κ2) is 5.96. The molecule has 0 amide bonds. The van der Waals surface area contributed by atoms with Crippen molar-refractivity contribution >= 4 is 10.1 Å². The molecule has 0 atom stereocenters. The molecule has 106 valence electrons. The van der Waals surface area contributed by atoms with Crippen LogP contribution in [0.25, 0.3) is 0 Å². The number of benzene rings is 2. The van der Waals surface area contributed by atoms with E-state index in [9.17, 15) is 8.42 Å². The first-order chi connectivity index (χ1) is 9.55. The summed E-state index contributed by atoms with van der Waals surface area (Å²) in [6.45, 7) is 2.01. The molecule has 0 aliphatic rings. The molecule has 0 saturated heterocycles. The van der Waals surface area contributed by atoms with Crippen LogP contribution in [0.1, 0.15) is 12.5 Å². The van der Waals surface area contributed by atoms with E-state index in [-0.39, 0.29) is 10.6 Å². The molecule has 0 aromatic heterocycles. The summed E-state index contributed by atoms with van der Waals surface area (Å²) in [7, 11) is -2.26. The molecule has 0 aliphatic carbocycles. The van der Waals surface area contributed by atoms with E-state index >= 15 is 0 Å². The van der Waals surface area contributed by atoms with Gasteiger partial charge in [0.05, 0.1) is 7.11 Å². The highest BCUT2D eigenvalue weighted by Crippen LogP contribution is 2.21. The molecule has 2 rings (SSSR count). The van der Waals surface area contributed by atoms with Crippen molar-refractivity contribution in [3.8, 4) is 11.5 Å². The molecular formula is C15H16O4S. The lowest BCUT2D eigenvalue weighted by atomic mass is 10.2. The number of ether oxygens (including phenoxy) is 1. The molecule has 4 nitrogen and oxygen atoms in total. The van der Waals surface area contributed by atoms with Crippen molar-refractivity contribution in [3.05, 3.63) is 54.1 Å². The van der Waals surface area contributed by atoms with Crippen LogP contribution in [0.3, 0.4) is 0 Å². The van der Waals surface area contributed by atoms with Crippen molar-refractivity contribution in [2.24, 2.45) is 0 Å². The highest BCUT2D eigenvalue weighted by molar-refractivity contribution is 7.87. The van der Waals surface area contributed by atoms with Gasteiger partial charge in [0, 0.05) is 0 Å². The fraction of sp³-hybridized carbons (Fsp3) is 0.200. The molecule has 0 bridgehead atoms. The average Bonchev–Trinajstić information content (AvgIpc) is 2.48. The summed E-state index contributed by atoms with van der Waals surface area (Å²) in [6, 6.07) is 13.1. The van der Waals surface area contributed by atoms with Gasteiger partial charge in [0.1, 0.15) is 16.4 Å². The topological polar surface area (TPSA) is 52.6 Å². The molecule has 0 saturated carbocycles. The molecule has 0 spiro atoms. The van der Waals surface area contributed by atoms with Gasteiger partial charge in [-0.25, -0.2) is 0 Å². The second-order valence-corrected chi connectivity index (χ2v) is 5.76. The minimum Gasteiger partial charge on any atom is -0.497 e. The fourth-order valence-electron chi connectivity index (χ4n) is 1.70. The SMILES string of the molecule is CCc1ccc(S(=O)(=O)Oc2ccc(OC)cc2)cc1. The molecule has 20 heavy (non-hydrogen) atoms. The summed E-state index contributed by atoms with van der Waals surface area (Å²) in [5.74, 6) is 0.896. The van der Waals surface area contributed by atoms with Crippen LogP contribution in [-0.2, 0) is 16.5 Å². The van der Waals surface area contributed by atoms with Crippen LogP contribution in [0.2, 0.25) is 0 Å². The predicted octanol–water partition coefficient (Wildman–Crippen LogP) is 3.03. The number of aryl methyl sites for hydroxylation is 1. The summed E-state index contributed by atoms with van der Waals surface area (Å²) >= 11 is 0. The van der Waals surface area contributed by atoms with E-state index in [2.05, 4.69) is 0 Å². The van der Waals surface area contributed by atoms with Crippen LogP contribution in [-0.4, -0.2) is 15.5 Å². The largest absolute Gasteiger partial charge is 0.497 e. The van der Waals surface area contributed by atoms with Gasteiger partial charge < -0.3 is 8.92 Å². The zero-order chi connectivity index (χ0) is 14.6. The van der Waals surface area contributed by atoms with Gasteiger partial charge in [-0.15, -0.1) is 0 Å². The van der Waals surface area contributed by atoms with Crippen molar-refractivity contribution < 1.29 is 17.3 Å². The van der Waals surface area contributed by atoms with Gasteiger partial charge >= 0.3 is 10.1 Å². The van der Waals surface area contributed by atoms with Gasteiger partial charge in [0.25, 0.3) is 0 Å². The maximum atomic E-state index is 12.1. The summed E-state index contributed by atoms with van der Waals surface area (Å²) in [5, 5.41) is 0. The predicted molar refractivity (Wildman–Crippen MR) is 76.6 cm³/mol. The van der Waals surface area contributed by atoms with Crippen molar-refractivity contribution in [2.75, 3.05) is 7.11 Å². The van der Waals surface area contributed by atoms with E-state index in [0.717, 1.165) is 12.0 Å². The molecule has 0 fully saturated rings. The smallest absolute Gasteiger partial charge is 0.339 e. The Bertz CT molecular complexity index is 658. The van der Waals surface area contributed by atoms with Crippen LogP contribution in [0, 0.1) is 0 Å². The summed E-state index contributed by atoms with van der Waals surface area (Å²) in [6.07, 6.45) is 0.861. The molecule has 0 radical (unpaired) electrons. The number of rotatable bonds is 5. The minimum absolute atomic E-state index is 0.144. The van der Waals surface area contributed by atoms with Crippen molar-refractivity contribution in [1.29, 1.82) is 0 Å². The molecule has 0 unspecified atom stereocenters. The zero-order valence-electron chi connectivity index (χ0n) is 11.4. The lowest BCUT2D eigenvalue weighted by Crippen LogP contribution is -2.09. The first-order valence-electron chi connectivity index (χ1n) is 6.22. The normalized spacial score (nSPS) is 11.1. The van der Waals surface area contributed by atoms with Crippen LogP contribution < -0.4 is 8.92 Å². The first-order valence-corrected chi connectivity index (χ1v) is 7.63. The molecule has 5 heteroatoms. The second-order valence-electron chi connectivity index (χ2n) is 4.21. The molecule has 0 heterocycles. The Balaban J connectivity index is 2.20. The van der Waals surface area contributed by atoms with E-state index < -0.39 is 10.1 Å². The highest BCUT2D eigenvalue weighted by atomic mass is 32.2. The quantitative estimate of drug-likeness (QED) is 0.795. The Morgan fingerprint density at radius 3 is 1.95 bits per heavy atom. The Labute approximate surface area is 119 Å². The Kier molecular flexibility index (Phi) is 4.29. The van der Waals surface area contributed by atoms with Gasteiger partial charge in [-0.2, -0.15) is 8.42 Å². The van der Waals surface area contributed by atoms with Gasteiger partial charge in [-0.3, -0.25) is 0 Å².